The first-order valence-corrected chi connectivity index (χ1v) is 13.3. The average molecular weight is 501 g/mol. The number of nitrogens with one attached hydrogen (secondary N) is 1. The minimum absolute atomic E-state index is 0.0417. The summed E-state index contributed by atoms with van der Waals surface area (Å²) in [5.74, 6) is -0.522. The Labute approximate surface area is 208 Å². The quantitative estimate of drug-likeness (QED) is 0.409. The number of fused-ring (bicyclic) bond motifs is 1. The number of carboxylic acids is 1. The van der Waals surface area contributed by atoms with Crippen LogP contribution >= 0.6 is 0 Å². The summed E-state index contributed by atoms with van der Waals surface area (Å²) < 4.78 is 27.2. The summed E-state index contributed by atoms with van der Waals surface area (Å²) in [6.45, 7) is 6.20. The molecule has 2 aromatic carbocycles. The normalized spacial score (nSPS) is 15.6. The van der Waals surface area contributed by atoms with Gasteiger partial charge in [0.25, 0.3) is 0 Å². The summed E-state index contributed by atoms with van der Waals surface area (Å²) in [4.78, 5) is 10.8. The zero-order chi connectivity index (χ0) is 25.8. The van der Waals surface area contributed by atoms with Crippen LogP contribution in [0.1, 0.15) is 42.5 Å². The molecule has 0 amide bonds. The van der Waals surface area contributed by atoms with Crippen molar-refractivity contribution in [2.24, 2.45) is 5.92 Å². The monoisotopic (exact) mass is 500 g/mol. The van der Waals surface area contributed by atoms with Gasteiger partial charge in [0.05, 0.1) is 11.0 Å². The molecule has 1 atom stereocenters. The number of β-amino-alcohol motifs (C(OH)–C–C–N with tert-alkyl or cyclic N) is 1. The molecule has 0 radical (unpaired) electrons. The Balaban J connectivity index is 1.54. The first-order chi connectivity index (χ1) is 16.4. The molecule has 1 unspecified atom stereocenters. The number of aliphatic carboxylic acids is 1. The Hall–Kier alpha value is -2.52. The molecule has 0 bridgehead atoms. The fraction of sp³-hybridized carbons (Fsp3) is 0.444. The van der Waals surface area contributed by atoms with Gasteiger partial charge >= 0.3 is 5.97 Å². The number of likely N-dealkylation sites (N-methyl/N-ethyl adjacent to an activating group) is 1. The minimum atomic E-state index is -3.80. The molecular weight excluding hydrogens is 464 g/mol. The van der Waals surface area contributed by atoms with Gasteiger partial charge in [-0.1, -0.05) is 30.3 Å². The van der Waals surface area contributed by atoms with E-state index in [4.69, 9.17) is 5.11 Å². The number of nitrogens with zero attached hydrogens (tertiary/aromatic N) is 1. The highest BCUT2D eigenvalue weighted by molar-refractivity contribution is 7.89. The molecule has 3 N–H and O–H groups in total. The second kappa shape index (κ2) is 11.0. The lowest BCUT2D eigenvalue weighted by molar-refractivity contribution is -0.131. The number of aliphatic hydroxyl groups excluding tert-OH is 1. The lowest BCUT2D eigenvalue weighted by Gasteiger charge is -2.31. The second-order valence-corrected chi connectivity index (χ2v) is 12.2. The van der Waals surface area contributed by atoms with Crippen LogP contribution < -0.4 is 5.32 Å². The lowest BCUT2D eigenvalue weighted by atomic mass is 9.88. The van der Waals surface area contributed by atoms with Crippen LogP contribution in [0.15, 0.2) is 53.4 Å². The molecule has 8 heteroatoms. The maximum Gasteiger partial charge on any atom is 0.328 e. The van der Waals surface area contributed by atoms with Gasteiger partial charge in [-0.25, -0.2) is 13.2 Å². The van der Waals surface area contributed by atoms with Crippen LogP contribution in [-0.4, -0.2) is 60.7 Å². The highest BCUT2D eigenvalue weighted by Crippen LogP contribution is 2.31. The van der Waals surface area contributed by atoms with Gasteiger partial charge in [-0.05, 0) is 86.4 Å². The maximum absolute atomic E-state index is 13.0. The van der Waals surface area contributed by atoms with Gasteiger partial charge in [0, 0.05) is 31.8 Å². The van der Waals surface area contributed by atoms with Crippen LogP contribution in [0.2, 0.25) is 0 Å². The first-order valence-electron chi connectivity index (χ1n) is 11.9. The van der Waals surface area contributed by atoms with Crippen molar-refractivity contribution < 1.29 is 23.4 Å². The van der Waals surface area contributed by atoms with Gasteiger partial charge in [0.1, 0.15) is 0 Å². The standard InChI is InChI=1S/C27H36N2O5S/c1-19-13-25(11-9-21(19)10-12-26(31)32)35(33,34)29(4)18-24(30)17-28-27(2,3)16-20-14-22-7-5-6-8-23(22)15-20/h5-13,20,24,28,30H,14-18H2,1-4H3,(H,31,32)/b12-10+. The molecule has 190 valence electrons. The average Bonchev–Trinajstić information content (AvgIpc) is 3.18. The summed E-state index contributed by atoms with van der Waals surface area (Å²) in [5.41, 5.74) is 3.92. The zero-order valence-electron chi connectivity index (χ0n) is 20.9. The van der Waals surface area contributed by atoms with Gasteiger partial charge in [0.15, 0.2) is 0 Å². The predicted molar refractivity (Wildman–Crippen MR) is 138 cm³/mol. The molecule has 0 saturated carbocycles. The summed E-state index contributed by atoms with van der Waals surface area (Å²) in [6.07, 6.45) is 4.67. The van der Waals surface area contributed by atoms with Crippen molar-refractivity contribution in [1.29, 1.82) is 0 Å². The van der Waals surface area contributed by atoms with Crippen molar-refractivity contribution in [2.45, 2.75) is 56.6 Å². The maximum atomic E-state index is 13.0. The number of benzene rings is 2. The van der Waals surface area contributed by atoms with Crippen LogP contribution in [-0.2, 0) is 27.7 Å². The number of sulfonamides is 1. The van der Waals surface area contributed by atoms with E-state index in [0.717, 1.165) is 29.6 Å². The topological polar surface area (TPSA) is 107 Å². The van der Waals surface area contributed by atoms with E-state index in [9.17, 15) is 18.3 Å². The highest BCUT2D eigenvalue weighted by atomic mass is 32.2. The van der Waals surface area contributed by atoms with E-state index in [2.05, 4.69) is 43.4 Å². The van der Waals surface area contributed by atoms with E-state index in [1.54, 1.807) is 13.0 Å². The van der Waals surface area contributed by atoms with Gasteiger partial charge in [-0.2, -0.15) is 4.31 Å². The molecule has 0 heterocycles. The molecule has 0 saturated heterocycles. The van der Waals surface area contributed by atoms with Crippen molar-refractivity contribution in [3.05, 3.63) is 70.8 Å². The first kappa shape index (κ1) is 27.1. The molecule has 35 heavy (non-hydrogen) atoms. The second-order valence-electron chi connectivity index (χ2n) is 10.1. The third-order valence-electron chi connectivity index (χ3n) is 6.57. The van der Waals surface area contributed by atoms with Crippen LogP contribution in [0.5, 0.6) is 0 Å². The number of rotatable bonds is 11. The van der Waals surface area contributed by atoms with E-state index in [1.165, 1.54) is 36.4 Å². The van der Waals surface area contributed by atoms with Gasteiger partial charge in [-0.15, -0.1) is 0 Å². The molecule has 0 aromatic heterocycles. The van der Waals surface area contributed by atoms with E-state index < -0.39 is 22.1 Å². The molecule has 7 nitrogen and oxygen atoms in total. The number of aliphatic hydroxyl groups is 1. The smallest absolute Gasteiger partial charge is 0.328 e. The van der Waals surface area contributed by atoms with Crippen molar-refractivity contribution in [1.82, 2.24) is 9.62 Å². The van der Waals surface area contributed by atoms with Crippen LogP contribution in [0, 0.1) is 12.8 Å². The minimum Gasteiger partial charge on any atom is -0.478 e. The number of aryl methyl sites for hydroxylation is 1. The van der Waals surface area contributed by atoms with E-state index >= 15 is 0 Å². The molecule has 3 rings (SSSR count). The molecule has 1 aliphatic carbocycles. The largest absolute Gasteiger partial charge is 0.478 e. The molecule has 1 aliphatic rings. The molecule has 0 fully saturated rings. The van der Waals surface area contributed by atoms with Crippen LogP contribution in [0.4, 0.5) is 0 Å². The van der Waals surface area contributed by atoms with Crippen molar-refractivity contribution >= 4 is 22.1 Å². The van der Waals surface area contributed by atoms with E-state index in [-0.39, 0.29) is 23.5 Å². The zero-order valence-corrected chi connectivity index (χ0v) is 21.7. The van der Waals surface area contributed by atoms with Crippen LogP contribution in [0.3, 0.4) is 0 Å². The van der Waals surface area contributed by atoms with Gasteiger partial charge in [0.2, 0.25) is 10.0 Å². The van der Waals surface area contributed by atoms with Crippen molar-refractivity contribution in [2.75, 3.05) is 20.1 Å². The van der Waals surface area contributed by atoms with Crippen LogP contribution in [0.25, 0.3) is 6.08 Å². The molecule has 0 aliphatic heterocycles. The Morgan fingerprint density at radius 2 is 1.83 bits per heavy atom. The number of carboxylic acid groups (broad SMARTS) is 1. The Kier molecular flexibility index (Phi) is 8.54. The summed E-state index contributed by atoms with van der Waals surface area (Å²) in [5, 5.41) is 22.8. The Morgan fingerprint density at radius 1 is 1.20 bits per heavy atom. The molecule has 2 aromatic rings. The lowest BCUT2D eigenvalue weighted by Crippen LogP contribution is -2.47. The molecular formula is C27H36N2O5S. The fourth-order valence-electron chi connectivity index (χ4n) is 4.78. The van der Waals surface area contributed by atoms with Crippen molar-refractivity contribution in [3.63, 3.8) is 0 Å². The predicted octanol–water partition coefficient (Wildman–Crippen LogP) is 3.25. The summed E-state index contributed by atoms with van der Waals surface area (Å²) >= 11 is 0. The fourth-order valence-corrected chi connectivity index (χ4v) is 6.07. The summed E-state index contributed by atoms with van der Waals surface area (Å²) in [6, 6.07) is 13.1. The highest BCUT2D eigenvalue weighted by Gasteiger charge is 2.29. The van der Waals surface area contributed by atoms with E-state index in [0.29, 0.717) is 17.0 Å². The van der Waals surface area contributed by atoms with Crippen molar-refractivity contribution in [3.8, 4) is 0 Å². The SMILES string of the molecule is Cc1cc(S(=O)(=O)N(C)CC(O)CNC(C)(C)CC2Cc3ccccc3C2)ccc1/C=C/C(=O)O. The number of carbonyl (C=O) groups is 1. The number of hydrogen-bond acceptors (Lipinski definition) is 5. The van der Waals surface area contributed by atoms with E-state index in [1.807, 2.05) is 0 Å². The summed E-state index contributed by atoms with van der Waals surface area (Å²) in [7, 11) is -2.35. The molecule has 0 spiro atoms. The third kappa shape index (κ3) is 7.24. The third-order valence-corrected chi connectivity index (χ3v) is 8.39. The van der Waals surface area contributed by atoms with Gasteiger partial charge < -0.3 is 15.5 Å². The Morgan fingerprint density at radius 3 is 2.40 bits per heavy atom. The Bertz CT molecular complexity index is 1160. The number of hydrogen-bond donors (Lipinski definition) is 3. The van der Waals surface area contributed by atoms with Gasteiger partial charge in [-0.3, -0.25) is 0 Å².